The van der Waals surface area contributed by atoms with Crippen LogP contribution < -0.4 is 0 Å². The van der Waals surface area contributed by atoms with E-state index in [4.69, 9.17) is 5.26 Å². The molecule has 0 saturated carbocycles. The van der Waals surface area contributed by atoms with E-state index in [9.17, 15) is 0 Å². The van der Waals surface area contributed by atoms with Crippen molar-refractivity contribution in [2.24, 2.45) is 5.41 Å². The summed E-state index contributed by atoms with van der Waals surface area (Å²) in [5.74, 6) is 0.517. The molecule has 0 aliphatic carbocycles. The molecule has 0 aromatic heterocycles. The molecule has 0 N–H and O–H groups in total. The second-order valence-electron chi connectivity index (χ2n) is 2.14. The zero-order chi connectivity index (χ0) is 5.91. The largest absolute Gasteiger partial charge is 0.198 e. The molecule has 0 bridgehead atoms. The van der Waals surface area contributed by atoms with E-state index in [1.165, 1.54) is 0 Å². The van der Waals surface area contributed by atoms with Gasteiger partial charge in [-0.25, -0.2) is 0 Å². The van der Waals surface area contributed by atoms with Gasteiger partial charge in [-0.05, 0) is 13.8 Å². The van der Waals surface area contributed by atoms with E-state index in [1.54, 1.807) is 0 Å². The van der Waals surface area contributed by atoms with Crippen molar-refractivity contribution in [3.05, 3.63) is 0 Å². The Balaban J connectivity index is 3.66. The van der Waals surface area contributed by atoms with E-state index in [0.29, 0.717) is 5.75 Å². The lowest BCUT2D eigenvalue weighted by Crippen LogP contribution is -2.08. The average Bonchev–Trinajstić information content (AvgIpc) is 1.68. The number of nitrogens with zero attached hydrogens (tertiary/aromatic N) is 1. The molecular weight excluding hydrogens is 106 g/mol. The van der Waals surface area contributed by atoms with Gasteiger partial charge < -0.3 is 0 Å². The molecule has 0 fully saturated rings. The van der Waals surface area contributed by atoms with Crippen molar-refractivity contribution < 1.29 is 0 Å². The summed E-state index contributed by atoms with van der Waals surface area (Å²) in [4.78, 5) is 0. The fraction of sp³-hybridized carbons (Fsp3) is 0.800. The average molecular weight is 114 g/mol. The highest BCUT2D eigenvalue weighted by atomic mass is 32.1. The van der Waals surface area contributed by atoms with Crippen LogP contribution in [0.4, 0.5) is 0 Å². The minimum absolute atomic E-state index is 0.296. The van der Waals surface area contributed by atoms with Crippen LogP contribution in [0.15, 0.2) is 0 Å². The van der Waals surface area contributed by atoms with Gasteiger partial charge in [-0.3, -0.25) is 0 Å². The molecule has 0 aliphatic heterocycles. The number of rotatable bonds is 1. The number of nitriles is 1. The van der Waals surface area contributed by atoms with Gasteiger partial charge in [0, 0.05) is 5.75 Å². The molecule has 7 heavy (non-hydrogen) atoms. The van der Waals surface area contributed by atoms with E-state index in [2.05, 4.69) is 18.7 Å². The van der Waals surface area contributed by atoms with Crippen LogP contribution in [0, 0.1) is 16.7 Å². The van der Waals surface area contributed by atoms with E-state index in [-0.39, 0.29) is 5.41 Å². The zero-order valence-corrected chi connectivity index (χ0v) is 5.38. The van der Waals surface area contributed by atoms with Crippen LogP contribution in [-0.4, -0.2) is 5.75 Å². The lowest BCUT2D eigenvalue weighted by molar-refractivity contribution is 0.575. The topological polar surface area (TPSA) is 23.8 Å². The number of hydrogen-bond acceptors (Lipinski definition) is 1. The van der Waals surface area contributed by atoms with Crippen molar-refractivity contribution in [3.63, 3.8) is 0 Å². The van der Waals surface area contributed by atoms with E-state index < -0.39 is 0 Å². The van der Waals surface area contributed by atoms with Gasteiger partial charge in [0.1, 0.15) is 0 Å². The predicted molar refractivity (Wildman–Crippen MR) is 31.9 cm³/mol. The molecule has 0 aromatic carbocycles. The Morgan fingerprint density at radius 1 is 1.71 bits per heavy atom. The van der Waals surface area contributed by atoms with Crippen molar-refractivity contribution in [1.82, 2.24) is 0 Å². The fourth-order valence-corrected chi connectivity index (χ4v) is 0.0968. The smallest absolute Gasteiger partial charge is 0.0692 e. The van der Waals surface area contributed by atoms with Crippen LogP contribution >= 0.6 is 12.6 Å². The Bertz CT molecular complexity index is 90.7. The monoisotopic (exact) mass is 114 g/mol. The Labute approximate surface area is 49.7 Å². The molecule has 0 saturated heterocycles. The normalized spacial score (nSPS) is 10.6. The van der Waals surface area contributed by atoms with Crippen molar-refractivity contribution >= 4 is 12.6 Å². The third-order valence-electron chi connectivity index (χ3n) is 0.664. The summed E-state index contributed by atoms with van der Waals surface area (Å²) in [6.45, 7) is 3.67. The lowest BCUT2D eigenvalue weighted by atomic mass is 10.00. The lowest BCUT2D eigenvalue weighted by Gasteiger charge is -2.07. The first kappa shape index (κ1) is 6.84. The Hall–Kier alpha value is -0.160. The first-order valence-corrected chi connectivity index (χ1v) is 2.69. The molecule has 0 amide bonds. The van der Waals surface area contributed by atoms with Gasteiger partial charge in [-0.15, -0.1) is 0 Å². The van der Waals surface area contributed by atoms with Crippen LogP contribution in [0.3, 0.4) is 0 Å². The van der Waals surface area contributed by atoms with Gasteiger partial charge >= 0.3 is 0 Å². The van der Waals surface area contributed by atoms with Gasteiger partial charge in [0.25, 0.3) is 0 Å². The van der Waals surface area contributed by atoms with Crippen molar-refractivity contribution in [2.75, 3.05) is 5.75 Å². The van der Waals surface area contributed by atoms with Crippen molar-refractivity contribution in [3.8, 4) is 6.07 Å². The van der Waals surface area contributed by atoms with Gasteiger partial charge in [-0.1, -0.05) is 12.6 Å². The maximum atomic E-state index is 8.28. The van der Waals surface area contributed by atoms with Crippen molar-refractivity contribution in [2.45, 2.75) is 13.8 Å². The van der Waals surface area contributed by atoms with Crippen LogP contribution in [-0.2, 0) is 0 Å². The minimum atomic E-state index is -0.296. The second-order valence-corrected chi connectivity index (χ2v) is 2.43. The van der Waals surface area contributed by atoms with Gasteiger partial charge in [0.15, 0.2) is 0 Å². The molecule has 0 unspecified atom stereocenters. The third kappa shape index (κ3) is 2.52. The minimum Gasteiger partial charge on any atom is -0.198 e. The molecule has 0 aliphatic rings. The SMILES string of the molecule is CC(C)(C#N)C[S]. The van der Waals surface area contributed by atoms with Gasteiger partial charge in [-0.2, -0.15) is 5.26 Å². The fourth-order valence-electron chi connectivity index (χ4n) is 0.0323. The first-order chi connectivity index (χ1) is 3.12. The summed E-state index contributed by atoms with van der Waals surface area (Å²) in [7, 11) is 0. The summed E-state index contributed by atoms with van der Waals surface area (Å²) < 4.78 is 0. The van der Waals surface area contributed by atoms with Crippen LogP contribution in [0.25, 0.3) is 0 Å². The molecule has 2 heteroatoms. The van der Waals surface area contributed by atoms with E-state index in [1.807, 2.05) is 13.8 Å². The molecule has 1 nitrogen and oxygen atoms in total. The molecule has 39 valence electrons. The summed E-state index contributed by atoms with van der Waals surface area (Å²) in [5.41, 5.74) is -0.296. The zero-order valence-electron chi connectivity index (χ0n) is 4.56. The number of hydrogen-bond donors (Lipinski definition) is 0. The predicted octanol–water partition coefficient (Wildman–Crippen LogP) is 1.73. The Kier molecular flexibility index (Phi) is 2.17. The standard InChI is InChI=1S/C5H8NS/c1-5(2,3-6)4-7/h4H2,1-2H3. The van der Waals surface area contributed by atoms with Crippen LogP contribution in [0.5, 0.6) is 0 Å². The first-order valence-electron chi connectivity index (χ1n) is 2.12. The van der Waals surface area contributed by atoms with Crippen molar-refractivity contribution in [1.29, 1.82) is 5.26 Å². The molecule has 0 rings (SSSR count). The molecule has 0 heterocycles. The maximum Gasteiger partial charge on any atom is 0.0692 e. The van der Waals surface area contributed by atoms with E-state index in [0.717, 1.165) is 0 Å². The molecule has 1 radical (unpaired) electrons. The van der Waals surface area contributed by atoms with E-state index >= 15 is 0 Å². The highest BCUT2D eigenvalue weighted by Crippen LogP contribution is 2.13. The summed E-state index contributed by atoms with van der Waals surface area (Å²) >= 11 is 4.66. The highest BCUT2D eigenvalue weighted by Gasteiger charge is 2.12. The van der Waals surface area contributed by atoms with Gasteiger partial charge in [0.05, 0.1) is 11.5 Å². The Morgan fingerprint density at radius 3 is 2.14 bits per heavy atom. The maximum absolute atomic E-state index is 8.28. The summed E-state index contributed by atoms with van der Waals surface area (Å²) in [6.07, 6.45) is 0. The molecule has 0 atom stereocenters. The summed E-state index contributed by atoms with van der Waals surface area (Å²) in [6, 6.07) is 2.09. The van der Waals surface area contributed by atoms with Crippen LogP contribution in [0.1, 0.15) is 13.8 Å². The summed E-state index contributed by atoms with van der Waals surface area (Å²) in [5, 5.41) is 8.28. The quantitative estimate of drug-likeness (QED) is 0.509. The van der Waals surface area contributed by atoms with Crippen LogP contribution in [0.2, 0.25) is 0 Å². The molecule has 0 spiro atoms. The highest BCUT2D eigenvalue weighted by molar-refractivity contribution is 7.80. The third-order valence-corrected chi connectivity index (χ3v) is 1.39. The molecular formula is C5H8NS. The van der Waals surface area contributed by atoms with Gasteiger partial charge in [0.2, 0.25) is 0 Å². The Morgan fingerprint density at radius 2 is 2.14 bits per heavy atom. The second kappa shape index (κ2) is 2.23. The molecule has 0 aromatic rings.